The molecule has 2 aliphatic heterocycles. The highest BCUT2D eigenvalue weighted by molar-refractivity contribution is 8.16. The van der Waals surface area contributed by atoms with Crippen molar-refractivity contribution < 1.29 is 4.79 Å². The molecular formula is C16H11ClN2OS2. The molecule has 2 aliphatic rings. The molecule has 0 bridgehead atoms. The van der Waals surface area contributed by atoms with Crippen LogP contribution < -0.4 is 5.32 Å². The Morgan fingerprint density at radius 2 is 1.77 bits per heavy atom. The Kier molecular flexibility index (Phi) is 3.64. The van der Waals surface area contributed by atoms with Crippen molar-refractivity contribution in [3.63, 3.8) is 0 Å². The number of benzene rings is 2. The number of thioether (sulfide) groups is 2. The van der Waals surface area contributed by atoms with Crippen molar-refractivity contribution >= 4 is 51.9 Å². The first-order chi connectivity index (χ1) is 10.7. The number of rotatable bonds is 1. The Hall–Kier alpha value is -1.43. The molecule has 110 valence electrons. The summed E-state index contributed by atoms with van der Waals surface area (Å²) in [5, 5.41) is 3.66. The molecule has 0 aliphatic carbocycles. The molecule has 1 amide bonds. The van der Waals surface area contributed by atoms with Crippen molar-refractivity contribution in [2.75, 3.05) is 0 Å². The van der Waals surface area contributed by atoms with Gasteiger partial charge < -0.3 is 5.32 Å². The molecule has 1 N–H and O–H groups in total. The Morgan fingerprint density at radius 3 is 2.59 bits per heavy atom. The van der Waals surface area contributed by atoms with Crippen LogP contribution in [0, 0.1) is 0 Å². The Balaban J connectivity index is 1.82. The van der Waals surface area contributed by atoms with Crippen molar-refractivity contribution in [1.82, 2.24) is 5.32 Å². The van der Waals surface area contributed by atoms with Gasteiger partial charge in [-0.2, -0.15) is 0 Å². The van der Waals surface area contributed by atoms with Gasteiger partial charge >= 0.3 is 0 Å². The Labute approximate surface area is 141 Å². The molecule has 0 spiro atoms. The third-order valence-corrected chi connectivity index (χ3v) is 6.45. The molecule has 22 heavy (non-hydrogen) atoms. The number of carbonyl (C=O) groups is 1. The van der Waals surface area contributed by atoms with E-state index in [1.165, 1.54) is 11.8 Å². The first-order valence-corrected chi connectivity index (χ1v) is 8.92. The summed E-state index contributed by atoms with van der Waals surface area (Å²) >= 11 is 9.05. The number of carbonyl (C=O) groups excluding carboxylic acids is 1. The minimum Gasteiger partial charge on any atom is -0.304 e. The third kappa shape index (κ3) is 2.53. The maximum Gasteiger partial charge on any atom is 0.285 e. The third-order valence-electron chi connectivity index (χ3n) is 3.57. The topological polar surface area (TPSA) is 41.5 Å². The predicted molar refractivity (Wildman–Crippen MR) is 93.5 cm³/mol. The van der Waals surface area contributed by atoms with Gasteiger partial charge in [0.05, 0.1) is 16.2 Å². The van der Waals surface area contributed by atoms with Crippen LogP contribution >= 0.6 is 35.1 Å². The van der Waals surface area contributed by atoms with Crippen LogP contribution in [0.3, 0.4) is 0 Å². The second-order valence-corrected chi connectivity index (χ2v) is 7.74. The molecule has 4 rings (SSSR count). The number of fused-ring (bicyclic) bond motifs is 2. The second-order valence-electron chi connectivity index (χ2n) is 5.01. The Morgan fingerprint density at radius 1 is 1.00 bits per heavy atom. The lowest BCUT2D eigenvalue weighted by Crippen LogP contribution is -2.27. The number of aliphatic imine (C=N–C) groups is 1. The molecule has 2 aromatic carbocycles. The highest BCUT2D eigenvalue weighted by Crippen LogP contribution is 2.49. The molecule has 1 saturated heterocycles. The summed E-state index contributed by atoms with van der Waals surface area (Å²) in [4.78, 5) is 17.6. The maximum absolute atomic E-state index is 11.8. The van der Waals surface area contributed by atoms with Gasteiger partial charge in [-0.15, -0.1) is 11.8 Å². The molecule has 0 saturated carbocycles. The fourth-order valence-electron chi connectivity index (χ4n) is 2.55. The van der Waals surface area contributed by atoms with E-state index in [-0.39, 0.29) is 15.7 Å². The quantitative estimate of drug-likeness (QED) is 0.786. The van der Waals surface area contributed by atoms with Gasteiger partial charge in [0.15, 0.2) is 0 Å². The number of nitrogens with one attached hydrogen (secondary N) is 1. The van der Waals surface area contributed by atoms with Crippen molar-refractivity contribution in [2.45, 2.75) is 15.4 Å². The summed E-state index contributed by atoms with van der Waals surface area (Å²) in [5.41, 5.74) is 2.06. The van der Waals surface area contributed by atoms with E-state index >= 15 is 0 Å². The molecule has 1 fully saturated rings. The average Bonchev–Trinajstić information content (AvgIpc) is 2.80. The van der Waals surface area contributed by atoms with Gasteiger partial charge in [0.1, 0.15) is 5.84 Å². The van der Waals surface area contributed by atoms with E-state index in [2.05, 4.69) is 16.4 Å². The number of nitrogens with zero attached hydrogens (tertiary/aromatic N) is 1. The van der Waals surface area contributed by atoms with Gasteiger partial charge in [0.2, 0.25) is 0 Å². The van der Waals surface area contributed by atoms with Gasteiger partial charge in [-0.1, -0.05) is 47.6 Å². The zero-order chi connectivity index (χ0) is 15.1. The lowest BCUT2D eigenvalue weighted by atomic mass is 10.1. The van der Waals surface area contributed by atoms with Crippen molar-refractivity contribution in [1.29, 1.82) is 0 Å². The van der Waals surface area contributed by atoms with Crippen LogP contribution in [-0.4, -0.2) is 16.3 Å². The minimum atomic E-state index is -0.0392. The van der Waals surface area contributed by atoms with Crippen LogP contribution in [-0.2, 0) is 0 Å². The van der Waals surface area contributed by atoms with E-state index in [1.54, 1.807) is 11.8 Å². The van der Waals surface area contributed by atoms with Crippen molar-refractivity contribution in [3.05, 3.63) is 59.1 Å². The number of hydrogen-bond acceptors (Lipinski definition) is 4. The molecule has 0 radical (unpaired) electrons. The molecule has 2 aromatic rings. The number of amidine groups is 1. The fourth-order valence-corrected chi connectivity index (χ4v) is 5.11. The molecule has 3 nitrogen and oxygen atoms in total. The van der Waals surface area contributed by atoms with Gasteiger partial charge in [-0.25, -0.2) is 4.99 Å². The fraction of sp³-hybridized carbons (Fsp3) is 0.125. The van der Waals surface area contributed by atoms with Gasteiger partial charge in [0, 0.05) is 9.92 Å². The molecule has 2 atom stereocenters. The van der Waals surface area contributed by atoms with Gasteiger partial charge in [-0.3, -0.25) is 4.79 Å². The summed E-state index contributed by atoms with van der Waals surface area (Å²) < 4.78 is 0. The highest BCUT2D eigenvalue weighted by atomic mass is 35.5. The maximum atomic E-state index is 11.8. The molecule has 6 heteroatoms. The zero-order valence-electron chi connectivity index (χ0n) is 11.3. The van der Waals surface area contributed by atoms with Crippen LogP contribution in [0.2, 0.25) is 5.02 Å². The summed E-state index contributed by atoms with van der Waals surface area (Å²) in [6.45, 7) is 0. The number of amides is 1. The summed E-state index contributed by atoms with van der Waals surface area (Å²) in [6.07, 6.45) is 0. The van der Waals surface area contributed by atoms with E-state index in [0.29, 0.717) is 5.02 Å². The summed E-state index contributed by atoms with van der Waals surface area (Å²) in [7, 11) is 0. The minimum absolute atomic E-state index is 0.00826. The largest absolute Gasteiger partial charge is 0.304 e. The Bertz CT molecular complexity index is 776. The molecule has 2 heterocycles. The van der Waals surface area contributed by atoms with Crippen LogP contribution in [0.25, 0.3) is 0 Å². The first kappa shape index (κ1) is 14.2. The van der Waals surface area contributed by atoms with E-state index in [0.717, 1.165) is 22.0 Å². The van der Waals surface area contributed by atoms with Gasteiger partial charge in [0.25, 0.3) is 5.24 Å². The summed E-state index contributed by atoms with van der Waals surface area (Å²) in [6, 6.07) is 15.8. The predicted octanol–water partition coefficient (Wildman–Crippen LogP) is 5.04. The molecule has 0 aromatic heterocycles. The highest BCUT2D eigenvalue weighted by Gasteiger charge is 2.39. The van der Waals surface area contributed by atoms with Crippen LogP contribution in [0.15, 0.2) is 58.4 Å². The first-order valence-electron chi connectivity index (χ1n) is 6.78. The SMILES string of the molecule is O=C1NC2=Nc3ccccc3SC(c3ccc(Cl)cc3)C2S1. The molecular weight excluding hydrogens is 336 g/mol. The van der Waals surface area contributed by atoms with E-state index in [1.807, 2.05) is 42.5 Å². The standard InChI is InChI=1S/C16H11ClN2OS2/c17-10-7-5-9(6-8-10)13-14-15(19-16(20)22-14)18-11-3-1-2-4-12(11)21-13/h1-8,13-14H,(H,18,19,20). The van der Waals surface area contributed by atoms with Crippen LogP contribution in [0.4, 0.5) is 10.5 Å². The normalized spacial score (nSPS) is 23.1. The van der Waals surface area contributed by atoms with Crippen molar-refractivity contribution in [2.24, 2.45) is 4.99 Å². The lowest BCUT2D eigenvalue weighted by molar-refractivity contribution is 0.265. The summed E-state index contributed by atoms with van der Waals surface area (Å²) in [5.74, 6) is 0.743. The number of para-hydroxylation sites is 1. The van der Waals surface area contributed by atoms with E-state index < -0.39 is 0 Å². The monoisotopic (exact) mass is 346 g/mol. The van der Waals surface area contributed by atoms with Gasteiger partial charge in [-0.05, 0) is 29.8 Å². The van der Waals surface area contributed by atoms with Crippen LogP contribution in [0.1, 0.15) is 10.8 Å². The zero-order valence-corrected chi connectivity index (χ0v) is 13.7. The van der Waals surface area contributed by atoms with Crippen molar-refractivity contribution in [3.8, 4) is 0 Å². The number of halogens is 1. The van der Waals surface area contributed by atoms with Crippen LogP contribution in [0.5, 0.6) is 0 Å². The lowest BCUT2D eigenvalue weighted by Gasteiger charge is -2.20. The second kappa shape index (κ2) is 5.65. The van der Waals surface area contributed by atoms with E-state index in [4.69, 9.17) is 11.6 Å². The number of hydrogen-bond donors (Lipinski definition) is 1. The van der Waals surface area contributed by atoms with E-state index in [9.17, 15) is 4.79 Å². The smallest absolute Gasteiger partial charge is 0.285 e. The molecule has 2 unspecified atom stereocenters. The average molecular weight is 347 g/mol.